The predicted octanol–water partition coefficient (Wildman–Crippen LogP) is 0.293. The highest BCUT2D eigenvalue weighted by Gasteiger charge is 2.13. The van der Waals surface area contributed by atoms with Crippen molar-refractivity contribution in [2.45, 2.75) is 20.0 Å². The summed E-state index contributed by atoms with van der Waals surface area (Å²) in [6.07, 6.45) is -0.0829. The van der Waals surface area contributed by atoms with E-state index in [4.69, 9.17) is 14.8 Å². The lowest BCUT2D eigenvalue weighted by molar-refractivity contribution is 0.241. The number of hydrogen-bond acceptors (Lipinski definition) is 3. The highest BCUT2D eigenvalue weighted by molar-refractivity contribution is 6.58. The van der Waals surface area contributed by atoms with Gasteiger partial charge in [-0.05, 0) is 31.4 Å². The molecule has 2 N–H and O–H groups in total. The van der Waals surface area contributed by atoms with E-state index in [1.807, 2.05) is 0 Å². The van der Waals surface area contributed by atoms with E-state index in [9.17, 15) is 4.39 Å². The fourth-order valence-electron chi connectivity index (χ4n) is 1.07. The number of ether oxygens (including phenoxy) is 1. The van der Waals surface area contributed by atoms with E-state index < -0.39 is 12.9 Å². The maximum absolute atomic E-state index is 12.9. The topological polar surface area (TPSA) is 49.7 Å². The summed E-state index contributed by atoms with van der Waals surface area (Å²) < 4.78 is 18.2. The maximum atomic E-state index is 12.9. The van der Waals surface area contributed by atoms with E-state index in [-0.39, 0.29) is 11.6 Å². The number of halogens is 1. The van der Waals surface area contributed by atoms with Crippen molar-refractivity contribution in [2.75, 3.05) is 0 Å². The van der Waals surface area contributed by atoms with Gasteiger partial charge in [-0.1, -0.05) is 0 Å². The molecule has 0 aliphatic rings. The molecule has 0 aliphatic carbocycles. The van der Waals surface area contributed by atoms with Crippen LogP contribution in [0, 0.1) is 5.82 Å². The quantitative estimate of drug-likeness (QED) is 0.686. The van der Waals surface area contributed by atoms with Crippen molar-refractivity contribution in [2.24, 2.45) is 0 Å². The lowest BCUT2D eigenvalue weighted by Gasteiger charge is -2.11. The third-order valence-electron chi connectivity index (χ3n) is 1.56. The van der Waals surface area contributed by atoms with Crippen molar-refractivity contribution >= 4 is 12.6 Å². The Morgan fingerprint density at radius 1 is 1.29 bits per heavy atom. The largest absolute Gasteiger partial charge is 0.491 e. The van der Waals surface area contributed by atoms with E-state index in [0.717, 1.165) is 6.07 Å². The van der Waals surface area contributed by atoms with Gasteiger partial charge >= 0.3 is 7.12 Å². The highest BCUT2D eigenvalue weighted by atomic mass is 19.1. The summed E-state index contributed by atoms with van der Waals surface area (Å²) in [5.74, 6) is -0.255. The summed E-state index contributed by atoms with van der Waals surface area (Å²) >= 11 is 0. The van der Waals surface area contributed by atoms with Crippen LogP contribution >= 0.6 is 0 Å². The summed E-state index contributed by atoms with van der Waals surface area (Å²) in [7, 11) is -1.68. The zero-order valence-electron chi connectivity index (χ0n) is 8.07. The van der Waals surface area contributed by atoms with Gasteiger partial charge in [-0.3, -0.25) is 0 Å². The molecule has 0 bridgehead atoms. The Morgan fingerprint density at radius 3 is 2.43 bits per heavy atom. The van der Waals surface area contributed by atoms with Crippen LogP contribution in [0.4, 0.5) is 4.39 Å². The minimum absolute atomic E-state index is 0.0829. The molecule has 0 saturated carbocycles. The predicted molar refractivity (Wildman–Crippen MR) is 52.0 cm³/mol. The van der Waals surface area contributed by atoms with E-state index in [0.29, 0.717) is 5.75 Å². The Morgan fingerprint density at radius 2 is 1.93 bits per heavy atom. The zero-order chi connectivity index (χ0) is 10.7. The van der Waals surface area contributed by atoms with Gasteiger partial charge in [0.05, 0.1) is 6.10 Å². The Bertz CT molecular complexity index is 315. The lowest BCUT2D eigenvalue weighted by Crippen LogP contribution is -2.30. The summed E-state index contributed by atoms with van der Waals surface area (Å²) in [6, 6.07) is 3.65. The third-order valence-corrected chi connectivity index (χ3v) is 1.56. The summed E-state index contributed by atoms with van der Waals surface area (Å²) in [5.41, 5.74) is 0.0839. The van der Waals surface area contributed by atoms with E-state index >= 15 is 0 Å². The average molecular weight is 198 g/mol. The molecule has 0 aromatic heterocycles. The Kier molecular flexibility index (Phi) is 3.49. The molecule has 0 atom stereocenters. The van der Waals surface area contributed by atoms with Gasteiger partial charge in [0.25, 0.3) is 0 Å². The van der Waals surface area contributed by atoms with Gasteiger partial charge in [0.2, 0.25) is 0 Å². The molecule has 1 rings (SSSR count). The van der Waals surface area contributed by atoms with Crippen LogP contribution in [-0.2, 0) is 0 Å². The number of rotatable bonds is 3. The average Bonchev–Trinajstić information content (AvgIpc) is 2.01. The minimum Gasteiger partial charge on any atom is -0.491 e. The Balaban J connectivity index is 2.95. The molecule has 0 saturated heterocycles. The standard InChI is InChI=1S/C9H12BFO3/c1-6(2)14-9-4-7(10(12)13)3-8(11)5-9/h3-6,12-13H,1-2H3. The first kappa shape index (κ1) is 11.0. The van der Waals surface area contributed by atoms with Crippen LogP contribution in [0.2, 0.25) is 0 Å². The lowest BCUT2D eigenvalue weighted by atomic mass is 9.80. The first-order valence-corrected chi connectivity index (χ1v) is 4.32. The highest BCUT2D eigenvalue weighted by Crippen LogP contribution is 2.12. The first-order chi connectivity index (χ1) is 6.49. The molecule has 5 heteroatoms. The number of benzene rings is 1. The van der Waals surface area contributed by atoms with E-state index in [1.165, 1.54) is 12.1 Å². The van der Waals surface area contributed by atoms with Crippen LogP contribution in [0.3, 0.4) is 0 Å². The van der Waals surface area contributed by atoms with Gasteiger partial charge < -0.3 is 14.8 Å². The SMILES string of the molecule is CC(C)Oc1cc(F)cc(B(O)O)c1. The molecule has 1 aromatic carbocycles. The normalized spacial score (nSPS) is 10.4. The summed E-state index contributed by atoms with van der Waals surface area (Å²) in [6.45, 7) is 3.61. The van der Waals surface area contributed by atoms with Crippen molar-refractivity contribution in [3.8, 4) is 5.75 Å². The second-order valence-corrected chi connectivity index (χ2v) is 3.26. The van der Waals surface area contributed by atoms with Crippen molar-refractivity contribution in [3.05, 3.63) is 24.0 Å². The van der Waals surface area contributed by atoms with Crippen LogP contribution in [0.1, 0.15) is 13.8 Å². The molecule has 76 valence electrons. The molecular formula is C9H12BFO3. The molecule has 0 fully saturated rings. The van der Waals surface area contributed by atoms with Crippen LogP contribution in [0.25, 0.3) is 0 Å². The van der Waals surface area contributed by atoms with E-state index in [1.54, 1.807) is 13.8 Å². The molecule has 0 spiro atoms. The second-order valence-electron chi connectivity index (χ2n) is 3.26. The molecule has 14 heavy (non-hydrogen) atoms. The monoisotopic (exact) mass is 198 g/mol. The minimum atomic E-state index is -1.68. The van der Waals surface area contributed by atoms with Gasteiger partial charge in [-0.25, -0.2) is 4.39 Å². The van der Waals surface area contributed by atoms with Gasteiger partial charge in [-0.15, -0.1) is 0 Å². The maximum Gasteiger partial charge on any atom is 0.488 e. The number of hydrogen-bond donors (Lipinski definition) is 2. The molecular weight excluding hydrogens is 186 g/mol. The van der Waals surface area contributed by atoms with Crippen LogP contribution < -0.4 is 10.2 Å². The van der Waals surface area contributed by atoms with Crippen molar-refractivity contribution < 1.29 is 19.2 Å². The van der Waals surface area contributed by atoms with Gasteiger partial charge in [0.1, 0.15) is 11.6 Å². The molecule has 0 amide bonds. The summed E-state index contributed by atoms with van der Waals surface area (Å²) in [4.78, 5) is 0. The van der Waals surface area contributed by atoms with Crippen molar-refractivity contribution in [3.63, 3.8) is 0 Å². The smallest absolute Gasteiger partial charge is 0.488 e. The van der Waals surface area contributed by atoms with Crippen LogP contribution in [0.15, 0.2) is 18.2 Å². The van der Waals surface area contributed by atoms with Gasteiger partial charge in [-0.2, -0.15) is 0 Å². The molecule has 3 nitrogen and oxygen atoms in total. The molecule has 0 radical (unpaired) electrons. The third kappa shape index (κ3) is 3.01. The molecule has 0 unspecified atom stereocenters. The first-order valence-electron chi connectivity index (χ1n) is 4.32. The fraction of sp³-hybridized carbons (Fsp3) is 0.333. The summed E-state index contributed by atoms with van der Waals surface area (Å²) in [5, 5.41) is 17.7. The molecule has 1 aromatic rings. The molecule has 0 aliphatic heterocycles. The van der Waals surface area contributed by atoms with Crippen molar-refractivity contribution in [1.82, 2.24) is 0 Å². The Hall–Kier alpha value is -1.07. The van der Waals surface area contributed by atoms with Crippen molar-refractivity contribution in [1.29, 1.82) is 0 Å². The van der Waals surface area contributed by atoms with E-state index in [2.05, 4.69) is 0 Å². The van der Waals surface area contributed by atoms with Crippen LogP contribution in [-0.4, -0.2) is 23.3 Å². The van der Waals surface area contributed by atoms with Gasteiger partial charge in [0.15, 0.2) is 0 Å². The zero-order valence-corrected chi connectivity index (χ0v) is 8.07. The Labute approximate surface area is 82.3 Å². The van der Waals surface area contributed by atoms with Gasteiger partial charge in [0, 0.05) is 6.07 Å². The fourth-order valence-corrected chi connectivity index (χ4v) is 1.07. The van der Waals surface area contributed by atoms with Crippen LogP contribution in [0.5, 0.6) is 5.75 Å². The molecule has 0 heterocycles. The second kappa shape index (κ2) is 4.44.